The van der Waals surface area contributed by atoms with Crippen LogP contribution in [-0.2, 0) is 0 Å². The Kier molecular flexibility index (Phi) is 4.10. The third-order valence-corrected chi connectivity index (χ3v) is 1.83. The van der Waals surface area contributed by atoms with E-state index in [9.17, 15) is 4.79 Å². The molecule has 0 fully saturated rings. The monoisotopic (exact) mass is 204 g/mol. The lowest BCUT2D eigenvalue weighted by atomic mass is 10.1. The molecule has 0 saturated heterocycles. The Morgan fingerprint density at radius 1 is 1.33 bits per heavy atom. The summed E-state index contributed by atoms with van der Waals surface area (Å²) in [6.07, 6.45) is 3.35. The Morgan fingerprint density at radius 3 is 2.60 bits per heavy atom. The molecule has 1 rings (SSSR count). The van der Waals surface area contributed by atoms with Crippen molar-refractivity contribution in [1.29, 1.82) is 0 Å². The molecule has 0 aromatic heterocycles. The molecule has 0 aliphatic rings. The smallest absolute Gasteiger partial charge is 0.189 e. The first-order valence-corrected chi connectivity index (χ1v) is 5.08. The molecule has 2 nitrogen and oxygen atoms in total. The van der Waals surface area contributed by atoms with Gasteiger partial charge in [-0.05, 0) is 39.0 Å². The number of rotatable bonds is 4. The third-order valence-electron chi connectivity index (χ3n) is 1.83. The molecule has 0 N–H and O–H groups in total. The lowest BCUT2D eigenvalue weighted by Crippen LogP contribution is -2.09. The Balaban J connectivity index is 3.00. The van der Waals surface area contributed by atoms with Crippen molar-refractivity contribution in [2.24, 2.45) is 0 Å². The van der Waals surface area contributed by atoms with Gasteiger partial charge >= 0.3 is 0 Å². The SMILES string of the molecule is CC=CC(=O)c1ccccc1OC(C)C. The van der Waals surface area contributed by atoms with Gasteiger partial charge in [0.15, 0.2) is 5.78 Å². The van der Waals surface area contributed by atoms with Crippen LogP contribution in [0.4, 0.5) is 0 Å². The van der Waals surface area contributed by atoms with E-state index in [1.165, 1.54) is 0 Å². The molecular formula is C13H16O2. The van der Waals surface area contributed by atoms with Gasteiger partial charge in [-0.15, -0.1) is 0 Å². The molecule has 0 heterocycles. The van der Waals surface area contributed by atoms with Crippen molar-refractivity contribution in [2.45, 2.75) is 26.9 Å². The highest BCUT2D eigenvalue weighted by Gasteiger charge is 2.09. The highest BCUT2D eigenvalue weighted by atomic mass is 16.5. The number of hydrogen-bond donors (Lipinski definition) is 0. The molecule has 15 heavy (non-hydrogen) atoms. The van der Waals surface area contributed by atoms with E-state index < -0.39 is 0 Å². The predicted octanol–water partition coefficient (Wildman–Crippen LogP) is 3.23. The Labute approximate surface area is 90.6 Å². The molecule has 80 valence electrons. The second-order valence-electron chi connectivity index (χ2n) is 3.53. The molecule has 0 aliphatic carbocycles. The molecule has 0 aliphatic heterocycles. The van der Waals surface area contributed by atoms with Crippen LogP contribution >= 0.6 is 0 Å². The first kappa shape index (κ1) is 11.5. The lowest BCUT2D eigenvalue weighted by Gasteiger charge is -2.12. The van der Waals surface area contributed by atoms with Gasteiger partial charge in [-0.3, -0.25) is 4.79 Å². The van der Waals surface area contributed by atoms with Crippen molar-refractivity contribution >= 4 is 5.78 Å². The molecule has 1 aromatic rings. The van der Waals surface area contributed by atoms with Crippen LogP contribution in [-0.4, -0.2) is 11.9 Å². The maximum absolute atomic E-state index is 11.7. The van der Waals surface area contributed by atoms with Crippen LogP contribution in [0.25, 0.3) is 0 Å². The molecule has 2 heteroatoms. The summed E-state index contributed by atoms with van der Waals surface area (Å²) < 4.78 is 5.56. The minimum Gasteiger partial charge on any atom is -0.490 e. The number of carbonyl (C=O) groups excluding carboxylic acids is 1. The van der Waals surface area contributed by atoms with Crippen molar-refractivity contribution in [2.75, 3.05) is 0 Å². The first-order chi connectivity index (χ1) is 7.15. The van der Waals surface area contributed by atoms with Crippen LogP contribution in [0, 0.1) is 0 Å². The minimum absolute atomic E-state index is 0.0197. The molecule has 0 amide bonds. The van der Waals surface area contributed by atoms with Crippen LogP contribution < -0.4 is 4.74 Å². The fourth-order valence-electron chi connectivity index (χ4n) is 1.27. The van der Waals surface area contributed by atoms with E-state index in [-0.39, 0.29) is 11.9 Å². The van der Waals surface area contributed by atoms with E-state index in [0.29, 0.717) is 11.3 Å². The van der Waals surface area contributed by atoms with Gasteiger partial charge in [-0.1, -0.05) is 18.2 Å². The second kappa shape index (κ2) is 5.35. The van der Waals surface area contributed by atoms with Gasteiger partial charge in [0.1, 0.15) is 5.75 Å². The molecule has 0 unspecified atom stereocenters. The van der Waals surface area contributed by atoms with Crippen LogP contribution in [0.1, 0.15) is 31.1 Å². The van der Waals surface area contributed by atoms with Gasteiger partial charge in [-0.25, -0.2) is 0 Å². The fraction of sp³-hybridized carbons (Fsp3) is 0.308. The molecule has 0 radical (unpaired) electrons. The fourth-order valence-corrected chi connectivity index (χ4v) is 1.27. The van der Waals surface area contributed by atoms with Crippen molar-refractivity contribution in [3.05, 3.63) is 42.0 Å². The maximum Gasteiger partial charge on any atom is 0.189 e. The summed E-state index contributed by atoms with van der Waals surface area (Å²) in [5.74, 6) is 0.629. The molecule has 0 saturated carbocycles. The number of allylic oxidation sites excluding steroid dienone is 2. The molecule has 0 atom stereocenters. The zero-order chi connectivity index (χ0) is 11.3. The quantitative estimate of drug-likeness (QED) is 0.556. The van der Waals surface area contributed by atoms with E-state index >= 15 is 0 Å². The maximum atomic E-state index is 11.7. The van der Waals surface area contributed by atoms with E-state index in [0.717, 1.165) is 0 Å². The van der Waals surface area contributed by atoms with Crippen molar-refractivity contribution in [1.82, 2.24) is 0 Å². The van der Waals surface area contributed by atoms with Crippen LogP contribution in [0.15, 0.2) is 36.4 Å². The predicted molar refractivity (Wildman–Crippen MR) is 61.4 cm³/mol. The number of carbonyl (C=O) groups is 1. The highest BCUT2D eigenvalue weighted by molar-refractivity contribution is 6.06. The average molecular weight is 204 g/mol. The molecule has 0 spiro atoms. The molecule has 0 bridgehead atoms. The van der Waals surface area contributed by atoms with E-state index in [1.807, 2.05) is 39.0 Å². The van der Waals surface area contributed by atoms with Gasteiger partial charge in [0.05, 0.1) is 11.7 Å². The lowest BCUT2D eigenvalue weighted by molar-refractivity contribution is 0.104. The largest absolute Gasteiger partial charge is 0.490 e. The zero-order valence-electron chi connectivity index (χ0n) is 9.36. The van der Waals surface area contributed by atoms with Crippen molar-refractivity contribution in [3.63, 3.8) is 0 Å². The van der Waals surface area contributed by atoms with Gasteiger partial charge in [-0.2, -0.15) is 0 Å². The average Bonchev–Trinajstić information content (AvgIpc) is 2.18. The van der Waals surface area contributed by atoms with Gasteiger partial charge < -0.3 is 4.74 Å². The van der Waals surface area contributed by atoms with E-state index in [2.05, 4.69) is 0 Å². The topological polar surface area (TPSA) is 26.3 Å². The third kappa shape index (κ3) is 3.24. The number of hydrogen-bond acceptors (Lipinski definition) is 2. The highest BCUT2D eigenvalue weighted by Crippen LogP contribution is 2.20. The van der Waals surface area contributed by atoms with Gasteiger partial charge in [0.2, 0.25) is 0 Å². The molecular weight excluding hydrogens is 188 g/mol. The zero-order valence-corrected chi connectivity index (χ0v) is 9.36. The summed E-state index contributed by atoms with van der Waals surface area (Å²) in [7, 11) is 0. The summed E-state index contributed by atoms with van der Waals surface area (Å²) in [5.41, 5.74) is 0.615. The van der Waals surface area contributed by atoms with Crippen LogP contribution in [0.5, 0.6) is 5.75 Å². The minimum atomic E-state index is -0.0197. The van der Waals surface area contributed by atoms with E-state index in [4.69, 9.17) is 4.74 Å². The van der Waals surface area contributed by atoms with Crippen LogP contribution in [0.3, 0.4) is 0 Å². The summed E-state index contributed by atoms with van der Waals surface area (Å²) in [6.45, 7) is 5.71. The summed E-state index contributed by atoms with van der Waals surface area (Å²) in [4.78, 5) is 11.7. The Bertz CT molecular complexity index is 365. The second-order valence-corrected chi connectivity index (χ2v) is 3.53. The summed E-state index contributed by atoms with van der Waals surface area (Å²) in [6, 6.07) is 7.30. The van der Waals surface area contributed by atoms with Gasteiger partial charge in [0.25, 0.3) is 0 Å². The Hall–Kier alpha value is -1.57. The Morgan fingerprint density at radius 2 is 2.00 bits per heavy atom. The van der Waals surface area contributed by atoms with E-state index in [1.54, 1.807) is 18.2 Å². The van der Waals surface area contributed by atoms with Gasteiger partial charge in [0, 0.05) is 0 Å². The first-order valence-electron chi connectivity index (χ1n) is 5.08. The normalized spacial score (nSPS) is 10.9. The number of ketones is 1. The number of para-hydroxylation sites is 1. The van der Waals surface area contributed by atoms with Crippen LogP contribution in [0.2, 0.25) is 0 Å². The van der Waals surface area contributed by atoms with Crippen molar-refractivity contribution < 1.29 is 9.53 Å². The standard InChI is InChI=1S/C13H16O2/c1-4-7-12(14)11-8-5-6-9-13(11)15-10(2)3/h4-10H,1-3H3. The summed E-state index contributed by atoms with van der Waals surface area (Å²) in [5, 5.41) is 0. The summed E-state index contributed by atoms with van der Waals surface area (Å²) >= 11 is 0. The number of ether oxygens (including phenoxy) is 1. The van der Waals surface area contributed by atoms with Crippen molar-refractivity contribution in [3.8, 4) is 5.75 Å². The number of benzene rings is 1. The molecule has 1 aromatic carbocycles.